The first-order valence-electron chi connectivity index (χ1n) is 6.26. The van der Waals surface area contributed by atoms with E-state index in [-0.39, 0.29) is 6.61 Å². The summed E-state index contributed by atoms with van der Waals surface area (Å²) in [6, 6.07) is 3.88. The summed E-state index contributed by atoms with van der Waals surface area (Å²) in [4.78, 5) is 0. The number of methoxy groups -OCH3 is 2. The lowest BCUT2D eigenvalue weighted by Gasteiger charge is -2.14. The molecule has 21 heavy (non-hydrogen) atoms. The minimum Gasteiger partial charge on any atom is -0.493 e. The topological polar surface area (TPSA) is 39.7 Å². The van der Waals surface area contributed by atoms with Gasteiger partial charge in [-0.1, -0.05) is 23.2 Å². The van der Waals surface area contributed by atoms with Crippen LogP contribution in [0.4, 0.5) is 0 Å². The molecule has 1 aromatic rings. The lowest BCUT2D eigenvalue weighted by Crippen LogP contribution is -2.18. The number of nitrogens with one attached hydrogen (secondary N) is 1. The van der Waals surface area contributed by atoms with E-state index in [4.69, 9.17) is 37.4 Å². The van der Waals surface area contributed by atoms with E-state index in [2.05, 4.69) is 21.2 Å². The van der Waals surface area contributed by atoms with Gasteiger partial charge in [-0.15, -0.1) is 0 Å². The molecule has 1 N–H and O–H groups in total. The molecule has 118 valence electrons. The predicted molar refractivity (Wildman–Crippen MR) is 89.6 cm³/mol. The van der Waals surface area contributed by atoms with Gasteiger partial charge in [0, 0.05) is 25.7 Å². The summed E-state index contributed by atoms with van der Waals surface area (Å²) in [5.74, 6) is 1.22. The largest absolute Gasteiger partial charge is 0.493 e. The Kier molecular flexibility index (Phi) is 9.11. The van der Waals surface area contributed by atoms with Crippen molar-refractivity contribution in [3.8, 4) is 11.5 Å². The van der Waals surface area contributed by atoms with Crippen molar-refractivity contribution >= 4 is 39.1 Å². The van der Waals surface area contributed by atoms with Crippen molar-refractivity contribution < 1.29 is 14.2 Å². The molecule has 7 heteroatoms. The Morgan fingerprint density at radius 3 is 2.76 bits per heavy atom. The van der Waals surface area contributed by atoms with E-state index in [0.29, 0.717) is 29.7 Å². The third kappa shape index (κ3) is 6.45. The van der Waals surface area contributed by atoms with E-state index in [0.717, 1.165) is 16.6 Å². The van der Waals surface area contributed by atoms with Gasteiger partial charge in [0.15, 0.2) is 11.5 Å². The second kappa shape index (κ2) is 10.3. The third-order valence-electron chi connectivity index (χ3n) is 2.57. The maximum absolute atomic E-state index is 5.82. The summed E-state index contributed by atoms with van der Waals surface area (Å²) in [5.41, 5.74) is 2.34. The Bertz CT molecular complexity index is 484. The summed E-state index contributed by atoms with van der Waals surface area (Å²) < 4.78 is 16.8. The molecule has 0 radical (unpaired) electrons. The van der Waals surface area contributed by atoms with Crippen LogP contribution in [-0.2, 0) is 11.3 Å². The quantitative estimate of drug-likeness (QED) is 0.640. The summed E-state index contributed by atoms with van der Waals surface area (Å²) in [7, 11) is 3.27. The molecule has 0 aliphatic heterocycles. The number of ether oxygens (including phenoxy) is 3. The maximum Gasteiger partial charge on any atom is 0.175 e. The van der Waals surface area contributed by atoms with Gasteiger partial charge in [-0.3, -0.25) is 0 Å². The van der Waals surface area contributed by atoms with Gasteiger partial charge in [-0.25, -0.2) is 0 Å². The number of hydrogen-bond donors (Lipinski definition) is 1. The van der Waals surface area contributed by atoms with E-state index >= 15 is 0 Å². The van der Waals surface area contributed by atoms with Gasteiger partial charge in [-0.05, 0) is 33.6 Å². The predicted octanol–water partition coefficient (Wildman–Crippen LogP) is 3.89. The zero-order valence-corrected chi connectivity index (χ0v) is 15.0. The average Bonchev–Trinajstić information content (AvgIpc) is 2.49. The highest BCUT2D eigenvalue weighted by Gasteiger charge is 2.12. The molecule has 0 unspecified atom stereocenters. The number of benzene rings is 1. The van der Waals surface area contributed by atoms with Crippen LogP contribution < -0.4 is 14.8 Å². The van der Waals surface area contributed by atoms with Crippen LogP contribution in [0.5, 0.6) is 11.5 Å². The van der Waals surface area contributed by atoms with Crippen LogP contribution >= 0.6 is 39.1 Å². The van der Waals surface area contributed by atoms with Crippen molar-refractivity contribution in [1.29, 1.82) is 0 Å². The van der Waals surface area contributed by atoms with Crippen LogP contribution in [-0.4, -0.2) is 34.0 Å². The number of rotatable bonds is 9. The van der Waals surface area contributed by atoms with E-state index in [1.807, 2.05) is 12.1 Å². The van der Waals surface area contributed by atoms with Crippen LogP contribution in [0.2, 0.25) is 0 Å². The van der Waals surface area contributed by atoms with Crippen LogP contribution in [0.1, 0.15) is 5.56 Å². The average molecular weight is 399 g/mol. The van der Waals surface area contributed by atoms with Crippen LogP contribution in [0.25, 0.3) is 0 Å². The standard InChI is InChI=1S/C14H18BrCl2NO3/c1-19-4-3-18-8-10-5-12(15)14(13(6-10)20-2)21-9-11(17)7-16/h5-7,18H,3-4,8-9H2,1-2H3. The first kappa shape index (κ1) is 18.6. The van der Waals surface area contributed by atoms with Gasteiger partial charge in [-0.2, -0.15) is 0 Å². The Morgan fingerprint density at radius 1 is 1.38 bits per heavy atom. The van der Waals surface area contributed by atoms with Crippen molar-refractivity contribution in [2.45, 2.75) is 6.54 Å². The fourth-order valence-electron chi connectivity index (χ4n) is 1.59. The first-order valence-corrected chi connectivity index (χ1v) is 7.86. The zero-order valence-electron chi connectivity index (χ0n) is 11.9. The second-order valence-electron chi connectivity index (χ2n) is 4.12. The van der Waals surface area contributed by atoms with Crippen LogP contribution in [0, 0.1) is 0 Å². The fraction of sp³-hybridized carbons (Fsp3) is 0.429. The SMILES string of the molecule is COCCNCc1cc(Br)c(OCC(Cl)=CCl)c(OC)c1. The highest BCUT2D eigenvalue weighted by molar-refractivity contribution is 9.10. The van der Waals surface area contributed by atoms with Crippen LogP contribution in [0.15, 0.2) is 27.2 Å². The Labute approximate surface area is 143 Å². The van der Waals surface area contributed by atoms with Crippen molar-refractivity contribution in [1.82, 2.24) is 5.32 Å². The summed E-state index contributed by atoms with van der Waals surface area (Å²) >= 11 is 14.8. The molecule has 1 rings (SSSR count). The molecular formula is C14H18BrCl2NO3. The highest BCUT2D eigenvalue weighted by Crippen LogP contribution is 2.37. The minimum atomic E-state index is 0.186. The molecule has 0 amide bonds. The Hall–Kier alpha value is -0.460. The molecule has 0 spiro atoms. The van der Waals surface area contributed by atoms with Crippen molar-refractivity contribution in [2.24, 2.45) is 0 Å². The molecule has 0 saturated heterocycles. The molecule has 0 aromatic heterocycles. The summed E-state index contributed by atoms with van der Waals surface area (Å²) in [6.07, 6.45) is 0. The molecular weight excluding hydrogens is 381 g/mol. The van der Waals surface area contributed by atoms with Crippen molar-refractivity contribution in [3.63, 3.8) is 0 Å². The van der Waals surface area contributed by atoms with Crippen molar-refractivity contribution in [2.75, 3.05) is 34.0 Å². The molecule has 0 aliphatic rings. The second-order valence-corrected chi connectivity index (χ2v) is 5.68. The molecule has 1 aromatic carbocycles. The van der Waals surface area contributed by atoms with E-state index < -0.39 is 0 Å². The van der Waals surface area contributed by atoms with Gasteiger partial charge in [0.25, 0.3) is 0 Å². The van der Waals surface area contributed by atoms with E-state index in [1.165, 1.54) is 5.54 Å². The molecule has 0 aliphatic carbocycles. The highest BCUT2D eigenvalue weighted by atomic mass is 79.9. The van der Waals surface area contributed by atoms with Gasteiger partial charge in [0.2, 0.25) is 0 Å². The van der Waals surface area contributed by atoms with Gasteiger partial charge in [0.1, 0.15) is 6.61 Å². The molecule has 0 fully saturated rings. The molecule has 0 bridgehead atoms. The minimum absolute atomic E-state index is 0.186. The lowest BCUT2D eigenvalue weighted by atomic mass is 10.2. The van der Waals surface area contributed by atoms with Gasteiger partial charge in [0.05, 0.1) is 23.2 Å². The third-order valence-corrected chi connectivity index (χ3v) is 3.76. The summed E-state index contributed by atoms with van der Waals surface area (Å²) in [5, 5.41) is 3.68. The smallest absolute Gasteiger partial charge is 0.175 e. The molecule has 0 saturated carbocycles. The number of hydrogen-bond acceptors (Lipinski definition) is 4. The monoisotopic (exact) mass is 397 g/mol. The number of halogens is 3. The Balaban J connectivity index is 2.76. The van der Waals surface area contributed by atoms with E-state index in [1.54, 1.807) is 14.2 Å². The molecule has 0 heterocycles. The van der Waals surface area contributed by atoms with Gasteiger partial charge < -0.3 is 19.5 Å². The summed E-state index contributed by atoms with van der Waals surface area (Å²) in [6.45, 7) is 2.35. The van der Waals surface area contributed by atoms with Gasteiger partial charge >= 0.3 is 0 Å². The van der Waals surface area contributed by atoms with Crippen molar-refractivity contribution in [3.05, 3.63) is 32.7 Å². The maximum atomic E-state index is 5.82. The zero-order chi connectivity index (χ0) is 15.7. The van der Waals surface area contributed by atoms with Crippen LogP contribution in [0.3, 0.4) is 0 Å². The van der Waals surface area contributed by atoms with E-state index in [9.17, 15) is 0 Å². The lowest BCUT2D eigenvalue weighted by molar-refractivity contribution is 0.199. The fourth-order valence-corrected chi connectivity index (χ4v) is 2.32. The molecule has 0 atom stereocenters. The Morgan fingerprint density at radius 2 is 2.14 bits per heavy atom. The molecule has 4 nitrogen and oxygen atoms in total. The normalized spacial score (nSPS) is 11.6. The first-order chi connectivity index (χ1) is 10.1.